The summed E-state index contributed by atoms with van der Waals surface area (Å²) in [4.78, 5) is 4.75. The summed E-state index contributed by atoms with van der Waals surface area (Å²) in [5, 5.41) is 0. The number of hydrazine groups is 1. The van der Waals surface area contributed by atoms with E-state index in [1.165, 1.54) is 0 Å². The van der Waals surface area contributed by atoms with Crippen molar-refractivity contribution in [3.63, 3.8) is 0 Å². The van der Waals surface area contributed by atoms with Crippen molar-refractivity contribution in [1.82, 2.24) is 6.61 Å². The molecule has 0 heterocycles. The molecule has 5 heteroatoms. The average molecular weight is 328 g/mol. The second-order valence-electron chi connectivity index (χ2n) is 0.853. The Morgan fingerprint density at radius 2 is 1.86 bits per heavy atom. The molecular formula is C2H6I2N2O. The molecule has 3 nitrogen and oxygen atoms in total. The van der Waals surface area contributed by atoms with Gasteiger partial charge in [-0.05, 0) is 0 Å². The zero-order valence-electron chi connectivity index (χ0n) is 4.06. The Bertz CT molecular complexity index is 51.0. The lowest BCUT2D eigenvalue weighted by Gasteiger charge is -2.14. The van der Waals surface area contributed by atoms with Crippen molar-refractivity contribution in [2.45, 2.75) is 0 Å². The number of hydrogen-bond acceptors (Lipinski definition) is 3. The van der Waals surface area contributed by atoms with E-state index >= 15 is 0 Å². The second kappa shape index (κ2) is 4.24. The van der Waals surface area contributed by atoms with Gasteiger partial charge in [0.25, 0.3) is 0 Å². The number of rotatable bonds is 2. The van der Waals surface area contributed by atoms with Gasteiger partial charge in [0.15, 0.2) is 0 Å². The van der Waals surface area contributed by atoms with E-state index in [0.717, 1.165) is 0 Å². The van der Waals surface area contributed by atoms with Crippen molar-refractivity contribution in [3.8, 4) is 0 Å². The summed E-state index contributed by atoms with van der Waals surface area (Å²) in [5.41, 5.74) is 0. The standard InChI is InChI=1S/C2H6I2N2O/c1-5(3)6(4)7-2/h1-2H3. The Morgan fingerprint density at radius 3 is 1.86 bits per heavy atom. The zero-order chi connectivity index (χ0) is 5.86. The third-order valence-corrected chi connectivity index (χ3v) is 2.63. The minimum absolute atomic E-state index is 1.58. The molecule has 0 saturated heterocycles. The lowest BCUT2D eigenvalue weighted by molar-refractivity contribution is -0.0958. The minimum atomic E-state index is 1.58. The Morgan fingerprint density at radius 1 is 1.43 bits per heavy atom. The van der Waals surface area contributed by atoms with Crippen molar-refractivity contribution >= 4 is 45.7 Å². The SMILES string of the molecule is CON(I)N(C)I. The van der Waals surface area contributed by atoms with Crippen molar-refractivity contribution < 1.29 is 4.84 Å². The van der Waals surface area contributed by atoms with Crippen LogP contribution in [0.25, 0.3) is 0 Å². The first-order valence-corrected chi connectivity index (χ1v) is 3.51. The van der Waals surface area contributed by atoms with Gasteiger partial charge in [0.2, 0.25) is 0 Å². The van der Waals surface area contributed by atoms with E-state index in [1.54, 1.807) is 13.7 Å². The van der Waals surface area contributed by atoms with Gasteiger partial charge in [0, 0.05) is 29.9 Å². The van der Waals surface area contributed by atoms with Crippen LogP contribution in [-0.4, -0.2) is 20.8 Å². The summed E-state index contributed by atoms with van der Waals surface area (Å²) in [5.74, 6) is 0. The molecule has 0 aromatic heterocycles. The third-order valence-electron chi connectivity index (χ3n) is 0.367. The Balaban J connectivity index is 3.14. The monoisotopic (exact) mass is 328 g/mol. The van der Waals surface area contributed by atoms with E-state index in [2.05, 4.69) is 22.9 Å². The Kier molecular flexibility index (Phi) is 5.05. The van der Waals surface area contributed by atoms with Gasteiger partial charge >= 0.3 is 0 Å². The summed E-state index contributed by atoms with van der Waals surface area (Å²) in [7, 11) is 3.50. The van der Waals surface area contributed by atoms with Crippen LogP contribution in [0, 0.1) is 0 Å². The second-order valence-corrected chi connectivity index (χ2v) is 3.08. The van der Waals surface area contributed by atoms with Crippen molar-refractivity contribution in [3.05, 3.63) is 0 Å². The molecule has 0 rings (SSSR count). The van der Waals surface area contributed by atoms with E-state index in [1.807, 2.05) is 29.9 Å². The molecule has 0 amide bonds. The first-order valence-electron chi connectivity index (χ1n) is 1.58. The molecule has 0 aliphatic carbocycles. The van der Waals surface area contributed by atoms with E-state index in [9.17, 15) is 0 Å². The molecule has 0 radical (unpaired) electrons. The fourth-order valence-electron chi connectivity index (χ4n) is 0.113. The van der Waals surface area contributed by atoms with Gasteiger partial charge in [-0.25, -0.2) is 0 Å². The van der Waals surface area contributed by atoms with Crippen LogP contribution < -0.4 is 0 Å². The van der Waals surface area contributed by atoms with Crippen LogP contribution in [0.5, 0.6) is 0 Å². The maximum Gasteiger partial charge on any atom is 0.0723 e. The van der Waals surface area contributed by atoms with Crippen LogP contribution in [0.15, 0.2) is 0 Å². The molecule has 44 valence electrons. The van der Waals surface area contributed by atoms with Crippen LogP contribution in [0.2, 0.25) is 0 Å². The van der Waals surface area contributed by atoms with E-state index < -0.39 is 0 Å². The highest BCUT2D eigenvalue weighted by Crippen LogP contribution is 2.06. The summed E-state index contributed by atoms with van der Waals surface area (Å²) in [6.45, 7) is 0. The van der Waals surface area contributed by atoms with Crippen LogP contribution in [0.1, 0.15) is 0 Å². The zero-order valence-corrected chi connectivity index (χ0v) is 8.37. The maximum atomic E-state index is 4.75. The first-order chi connectivity index (χ1) is 3.18. The lowest BCUT2D eigenvalue weighted by atomic mass is 11.5. The molecule has 0 aliphatic rings. The molecule has 0 saturated carbocycles. The maximum absolute atomic E-state index is 4.75. The first kappa shape index (κ1) is 8.34. The molecule has 0 spiro atoms. The lowest BCUT2D eigenvalue weighted by Crippen LogP contribution is -2.20. The molecule has 0 aromatic rings. The van der Waals surface area contributed by atoms with Crippen molar-refractivity contribution in [1.29, 1.82) is 0 Å². The van der Waals surface area contributed by atoms with E-state index in [4.69, 9.17) is 4.84 Å². The normalized spacial score (nSPS) is 11.1. The summed E-state index contributed by atoms with van der Waals surface area (Å²) in [6.07, 6.45) is 0. The molecular weight excluding hydrogens is 322 g/mol. The Hall–Kier alpha value is 1.34. The van der Waals surface area contributed by atoms with Crippen LogP contribution >= 0.6 is 45.7 Å². The largest absolute Gasteiger partial charge is 0.277 e. The number of hydrogen-bond donors (Lipinski definition) is 0. The molecule has 0 aromatic carbocycles. The summed E-state index contributed by atoms with van der Waals surface area (Å²) < 4.78 is 3.37. The van der Waals surface area contributed by atoms with Gasteiger partial charge in [0.1, 0.15) is 0 Å². The smallest absolute Gasteiger partial charge is 0.0723 e. The van der Waals surface area contributed by atoms with Gasteiger partial charge in [-0.1, -0.05) is 3.39 Å². The minimum Gasteiger partial charge on any atom is -0.277 e. The molecule has 7 heavy (non-hydrogen) atoms. The van der Waals surface area contributed by atoms with E-state index in [0.29, 0.717) is 0 Å². The Labute approximate surface area is 70.9 Å². The third kappa shape index (κ3) is 3.88. The molecule has 0 fully saturated rings. The van der Waals surface area contributed by atoms with Gasteiger partial charge < -0.3 is 0 Å². The molecule has 0 aliphatic heterocycles. The predicted molar refractivity (Wildman–Crippen MR) is 44.7 cm³/mol. The molecule has 0 unspecified atom stereocenters. The van der Waals surface area contributed by atoms with Crippen LogP contribution in [0.3, 0.4) is 0 Å². The van der Waals surface area contributed by atoms with Crippen LogP contribution in [0.4, 0.5) is 0 Å². The van der Waals surface area contributed by atoms with Crippen LogP contribution in [-0.2, 0) is 4.84 Å². The number of halogens is 2. The van der Waals surface area contributed by atoms with Gasteiger partial charge in [0.05, 0.1) is 30.0 Å². The highest BCUT2D eigenvalue weighted by molar-refractivity contribution is 14.1. The molecule has 0 bridgehead atoms. The van der Waals surface area contributed by atoms with Crippen molar-refractivity contribution in [2.75, 3.05) is 14.2 Å². The molecule has 0 atom stereocenters. The quantitative estimate of drug-likeness (QED) is 0.433. The summed E-state index contributed by atoms with van der Waals surface area (Å²) >= 11 is 4.12. The van der Waals surface area contributed by atoms with Crippen molar-refractivity contribution in [2.24, 2.45) is 0 Å². The highest BCUT2D eigenvalue weighted by atomic mass is 127. The average Bonchev–Trinajstić information content (AvgIpc) is 1.65. The van der Waals surface area contributed by atoms with Gasteiger partial charge in [-0.15, -0.1) is 0 Å². The van der Waals surface area contributed by atoms with Gasteiger partial charge in [-0.3, -0.25) is 4.84 Å². The van der Waals surface area contributed by atoms with Gasteiger partial charge in [-0.2, -0.15) is 3.22 Å². The molecule has 0 N–H and O–H groups in total. The number of nitrogens with zero attached hydrogens (tertiary/aromatic N) is 2. The highest BCUT2D eigenvalue weighted by Gasteiger charge is 1.97. The fraction of sp³-hybridized carbons (Fsp3) is 1.00. The fourth-order valence-corrected chi connectivity index (χ4v) is 0.289. The predicted octanol–water partition coefficient (Wildman–Crippen LogP) is 1.40. The summed E-state index contributed by atoms with van der Waals surface area (Å²) in [6, 6.07) is 0. The topological polar surface area (TPSA) is 15.7 Å². The van der Waals surface area contributed by atoms with E-state index in [-0.39, 0.29) is 0 Å².